The molecule has 0 aliphatic heterocycles. The number of carbonyl (C=O) groups excluding carboxylic acids is 1. The third kappa shape index (κ3) is 4.20. The Labute approximate surface area is 187 Å². The van der Waals surface area contributed by atoms with Gasteiger partial charge in [0.1, 0.15) is 11.4 Å². The van der Waals surface area contributed by atoms with E-state index in [1.807, 2.05) is 0 Å². The number of benzene rings is 2. The van der Waals surface area contributed by atoms with Gasteiger partial charge in [-0.05, 0) is 30.3 Å². The van der Waals surface area contributed by atoms with E-state index < -0.39 is 38.8 Å². The first-order valence-electron chi connectivity index (χ1n) is 9.43. The molecule has 0 saturated carbocycles. The summed E-state index contributed by atoms with van der Waals surface area (Å²) in [6.45, 7) is 0. The standard InChI is InChI=1S/C21H17F2N5O4S/c1-32-21-14-10-12(11-24-19(14)26-27-21)25-20(29)17-15(22)8-9-16(18(17)23)28(33(2,30)31)13-6-4-3-5-7-13/h3-11H,1-2H3,(H,25,29)(H,24,26,27). The van der Waals surface area contributed by atoms with Crippen LogP contribution >= 0.6 is 0 Å². The van der Waals surface area contributed by atoms with E-state index in [4.69, 9.17) is 4.74 Å². The molecule has 2 aromatic carbocycles. The number of nitrogens with zero attached hydrogens (tertiary/aromatic N) is 3. The molecular weight excluding hydrogens is 456 g/mol. The zero-order valence-corrected chi connectivity index (χ0v) is 18.2. The summed E-state index contributed by atoms with van der Waals surface area (Å²) in [5.41, 5.74) is -0.814. The summed E-state index contributed by atoms with van der Waals surface area (Å²) < 4.78 is 60.6. The molecule has 1 amide bonds. The number of carbonyl (C=O) groups is 1. The summed E-state index contributed by atoms with van der Waals surface area (Å²) in [7, 11) is -2.63. The first-order valence-corrected chi connectivity index (χ1v) is 11.3. The average Bonchev–Trinajstić information content (AvgIpc) is 3.18. The van der Waals surface area contributed by atoms with Crippen LogP contribution in [0.5, 0.6) is 5.88 Å². The van der Waals surface area contributed by atoms with Crippen LogP contribution in [0.3, 0.4) is 0 Å². The van der Waals surface area contributed by atoms with Gasteiger partial charge in [-0.25, -0.2) is 26.5 Å². The summed E-state index contributed by atoms with van der Waals surface area (Å²) in [6.07, 6.45) is 2.14. The Kier molecular flexibility index (Phi) is 5.68. The molecule has 0 saturated heterocycles. The van der Waals surface area contributed by atoms with E-state index in [2.05, 4.69) is 20.5 Å². The van der Waals surface area contributed by atoms with Gasteiger partial charge in [0.25, 0.3) is 5.91 Å². The average molecular weight is 473 g/mol. The quantitative estimate of drug-likeness (QED) is 0.442. The number of hydrogen-bond acceptors (Lipinski definition) is 6. The summed E-state index contributed by atoms with van der Waals surface area (Å²) >= 11 is 0. The maximum Gasteiger partial charge on any atom is 0.261 e. The first-order chi connectivity index (χ1) is 15.7. The molecule has 2 heterocycles. The van der Waals surface area contributed by atoms with Crippen molar-refractivity contribution >= 4 is 44.0 Å². The highest BCUT2D eigenvalue weighted by atomic mass is 32.2. The number of hydrogen-bond donors (Lipinski definition) is 2. The molecular formula is C21H17F2N5O4S. The lowest BCUT2D eigenvalue weighted by Crippen LogP contribution is -2.27. The molecule has 0 fully saturated rings. The second kappa shape index (κ2) is 8.47. The van der Waals surface area contributed by atoms with Gasteiger partial charge in [0, 0.05) is 0 Å². The maximum atomic E-state index is 15.4. The molecule has 4 aromatic rings. The van der Waals surface area contributed by atoms with Gasteiger partial charge in [-0.3, -0.25) is 9.89 Å². The van der Waals surface area contributed by atoms with E-state index in [-0.39, 0.29) is 17.3 Å². The highest BCUT2D eigenvalue weighted by Crippen LogP contribution is 2.33. The molecule has 12 heteroatoms. The molecule has 0 radical (unpaired) electrons. The van der Waals surface area contributed by atoms with Crippen molar-refractivity contribution in [1.29, 1.82) is 0 Å². The number of aromatic nitrogens is 3. The molecule has 0 spiro atoms. The fourth-order valence-electron chi connectivity index (χ4n) is 3.28. The molecule has 0 bridgehead atoms. The molecule has 0 aliphatic rings. The number of aromatic amines is 1. The summed E-state index contributed by atoms with van der Waals surface area (Å²) in [5.74, 6) is -3.40. The van der Waals surface area contributed by atoms with Crippen LogP contribution in [0.15, 0.2) is 54.7 Å². The minimum atomic E-state index is -4.03. The lowest BCUT2D eigenvalue weighted by Gasteiger charge is -2.23. The van der Waals surface area contributed by atoms with E-state index in [0.29, 0.717) is 15.3 Å². The fraction of sp³-hybridized carbons (Fsp3) is 0.0952. The number of sulfonamides is 1. The van der Waals surface area contributed by atoms with Crippen LogP contribution in [0, 0.1) is 11.6 Å². The van der Waals surface area contributed by atoms with Crippen molar-refractivity contribution in [1.82, 2.24) is 15.2 Å². The van der Waals surface area contributed by atoms with E-state index in [9.17, 15) is 17.6 Å². The van der Waals surface area contributed by atoms with Gasteiger partial charge in [-0.2, -0.15) is 0 Å². The number of pyridine rings is 1. The highest BCUT2D eigenvalue weighted by Gasteiger charge is 2.28. The Morgan fingerprint density at radius 2 is 1.88 bits per heavy atom. The maximum absolute atomic E-state index is 15.4. The third-order valence-corrected chi connectivity index (χ3v) is 5.74. The van der Waals surface area contributed by atoms with Gasteiger partial charge in [0.2, 0.25) is 15.9 Å². The SMILES string of the molecule is COc1n[nH]c2ncc(NC(=O)c3c(F)ccc(N(c4ccccc4)S(C)(=O)=O)c3F)cc12. The first kappa shape index (κ1) is 22.1. The Morgan fingerprint density at radius 3 is 2.55 bits per heavy atom. The Bertz CT molecular complexity index is 1460. The predicted molar refractivity (Wildman–Crippen MR) is 118 cm³/mol. The summed E-state index contributed by atoms with van der Waals surface area (Å²) in [5, 5.41) is 9.35. The fourth-order valence-corrected chi connectivity index (χ4v) is 4.28. The van der Waals surface area contributed by atoms with Gasteiger partial charge in [0.15, 0.2) is 11.5 Å². The Balaban J connectivity index is 1.76. The zero-order valence-electron chi connectivity index (χ0n) is 17.3. The van der Waals surface area contributed by atoms with Crippen LogP contribution in [0.1, 0.15) is 10.4 Å². The molecule has 0 unspecified atom stereocenters. The van der Waals surface area contributed by atoms with Crippen molar-refractivity contribution < 1.29 is 26.7 Å². The van der Waals surface area contributed by atoms with Crippen molar-refractivity contribution in [3.8, 4) is 5.88 Å². The lowest BCUT2D eigenvalue weighted by atomic mass is 10.1. The van der Waals surface area contributed by atoms with E-state index in [1.165, 1.54) is 31.5 Å². The van der Waals surface area contributed by atoms with Crippen LogP contribution in [-0.4, -0.2) is 42.9 Å². The number of ether oxygens (including phenoxy) is 1. The molecule has 9 nitrogen and oxygen atoms in total. The number of amides is 1. The molecule has 0 atom stereocenters. The number of anilines is 3. The zero-order chi connectivity index (χ0) is 23.8. The number of para-hydroxylation sites is 1. The van der Waals surface area contributed by atoms with Crippen molar-refractivity contribution in [3.63, 3.8) is 0 Å². The molecule has 2 N–H and O–H groups in total. The molecule has 0 aliphatic carbocycles. The molecule has 4 rings (SSSR count). The van der Waals surface area contributed by atoms with E-state index in [1.54, 1.807) is 18.2 Å². The highest BCUT2D eigenvalue weighted by molar-refractivity contribution is 7.92. The minimum Gasteiger partial charge on any atom is -0.479 e. The van der Waals surface area contributed by atoms with Crippen molar-refractivity contribution in [3.05, 3.63) is 71.9 Å². The number of fused-ring (bicyclic) bond motifs is 1. The van der Waals surface area contributed by atoms with Crippen LogP contribution in [0.25, 0.3) is 11.0 Å². The second-order valence-electron chi connectivity index (χ2n) is 6.93. The van der Waals surface area contributed by atoms with E-state index >= 15 is 4.39 Å². The largest absolute Gasteiger partial charge is 0.479 e. The Morgan fingerprint density at radius 1 is 1.15 bits per heavy atom. The van der Waals surface area contributed by atoms with Crippen molar-refractivity contribution in [2.24, 2.45) is 0 Å². The normalized spacial score (nSPS) is 11.4. The van der Waals surface area contributed by atoms with Gasteiger partial charge in [-0.1, -0.05) is 18.2 Å². The van der Waals surface area contributed by atoms with Crippen LogP contribution < -0.4 is 14.4 Å². The summed E-state index contributed by atoms with van der Waals surface area (Å²) in [4.78, 5) is 16.9. The van der Waals surface area contributed by atoms with Gasteiger partial charge in [-0.15, -0.1) is 5.10 Å². The number of halogens is 2. The number of H-pyrrole nitrogens is 1. The third-order valence-electron chi connectivity index (χ3n) is 4.67. The Hall–Kier alpha value is -4.06. The van der Waals surface area contributed by atoms with E-state index in [0.717, 1.165) is 18.4 Å². The molecule has 33 heavy (non-hydrogen) atoms. The van der Waals surface area contributed by atoms with Gasteiger partial charge >= 0.3 is 0 Å². The lowest BCUT2D eigenvalue weighted by molar-refractivity contribution is 0.101. The number of methoxy groups -OCH3 is 1. The van der Waals surface area contributed by atoms with Crippen LogP contribution in [0.4, 0.5) is 25.8 Å². The topological polar surface area (TPSA) is 117 Å². The van der Waals surface area contributed by atoms with Crippen molar-refractivity contribution in [2.45, 2.75) is 0 Å². The molecule has 170 valence electrons. The predicted octanol–water partition coefficient (Wildman–Crippen LogP) is 3.59. The van der Waals surface area contributed by atoms with Crippen molar-refractivity contribution in [2.75, 3.05) is 23.0 Å². The van der Waals surface area contributed by atoms with Crippen LogP contribution in [-0.2, 0) is 10.0 Å². The number of nitrogens with one attached hydrogen (secondary N) is 2. The minimum absolute atomic E-state index is 0.124. The smallest absolute Gasteiger partial charge is 0.261 e. The molecule has 2 aromatic heterocycles. The summed E-state index contributed by atoms with van der Waals surface area (Å²) in [6, 6.07) is 10.9. The van der Waals surface area contributed by atoms with Gasteiger partial charge in [0.05, 0.1) is 42.0 Å². The monoisotopic (exact) mass is 473 g/mol. The van der Waals surface area contributed by atoms with Gasteiger partial charge < -0.3 is 10.1 Å². The number of rotatable bonds is 6. The van der Waals surface area contributed by atoms with Crippen LogP contribution in [0.2, 0.25) is 0 Å². The second-order valence-corrected chi connectivity index (χ2v) is 8.76.